The Morgan fingerprint density at radius 3 is 2.41 bits per heavy atom. The predicted molar refractivity (Wildman–Crippen MR) is 124 cm³/mol. The average molecular weight is 387 g/mol. The standard InChI is InChI=1S/C25H42OSi/c1-8-9-11-16-22(2)24(21-26-27(6,7)25(3,4)5)20-15-14-19-23-17-12-10-13-18-23/h10,12-13,15,17-18,20,24H,2,8-9,11,14,16,19,21H2,1,3-7H3/b20-15+/t24-/m0/s1. The lowest BCUT2D eigenvalue weighted by Gasteiger charge is -2.37. The van der Waals surface area contributed by atoms with E-state index >= 15 is 0 Å². The van der Waals surface area contributed by atoms with Crippen molar-refractivity contribution >= 4 is 8.32 Å². The Morgan fingerprint density at radius 2 is 1.81 bits per heavy atom. The molecule has 0 saturated carbocycles. The van der Waals surface area contributed by atoms with Gasteiger partial charge in [-0.25, -0.2) is 0 Å². The van der Waals surface area contributed by atoms with Gasteiger partial charge >= 0.3 is 0 Å². The Labute approximate surface area is 170 Å². The van der Waals surface area contributed by atoms with Crippen molar-refractivity contribution in [3.8, 4) is 0 Å². The van der Waals surface area contributed by atoms with Crippen LogP contribution in [0.2, 0.25) is 18.1 Å². The van der Waals surface area contributed by atoms with Crippen LogP contribution in [-0.2, 0) is 10.8 Å². The van der Waals surface area contributed by atoms with Gasteiger partial charge in [-0.15, -0.1) is 0 Å². The molecule has 0 aliphatic rings. The number of hydrogen-bond donors (Lipinski definition) is 0. The van der Waals surface area contributed by atoms with Crippen LogP contribution in [0, 0.1) is 5.92 Å². The van der Waals surface area contributed by atoms with Gasteiger partial charge in [-0.2, -0.15) is 0 Å². The summed E-state index contributed by atoms with van der Waals surface area (Å²) >= 11 is 0. The van der Waals surface area contributed by atoms with Crippen LogP contribution in [0.25, 0.3) is 0 Å². The molecule has 0 heterocycles. The molecule has 0 aliphatic carbocycles. The number of allylic oxidation sites excluding steroid dienone is 1. The van der Waals surface area contributed by atoms with Crippen molar-refractivity contribution in [3.05, 3.63) is 60.2 Å². The van der Waals surface area contributed by atoms with Crippen LogP contribution in [0.15, 0.2) is 54.6 Å². The SMILES string of the molecule is C=C(CCCCC)[C@@H](/C=C/CCc1ccccc1)CO[Si](C)(C)C(C)(C)C. The summed E-state index contributed by atoms with van der Waals surface area (Å²) in [7, 11) is -1.73. The van der Waals surface area contributed by atoms with E-state index in [1.54, 1.807) is 0 Å². The van der Waals surface area contributed by atoms with Crippen molar-refractivity contribution < 1.29 is 4.43 Å². The minimum atomic E-state index is -1.73. The quantitative estimate of drug-likeness (QED) is 0.201. The molecule has 0 N–H and O–H groups in total. The second-order valence-corrected chi connectivity index (χ2v) is 14.1. The minimum absolute atomic E-state index is 0.248. The molecule has 0 radical (unpaired) electrons. The Balaban J connectivity index is 2.66. The summed E-state index contributed by atoms with van der Waals surface area (Å²) < 4.78 is 6.53. The summed E-state index contributed by atoms with van der Waals surface area (Å²) in [4.78, 5) is 0. The first-order valence-corrected chi connectivity index (χ1v) is 13.6. The lowest BCUT2D eigenvalue weighted by molar-refractivity contribution is 0.263. The zero-order chi connectivity index (χ0) is 20.3. The van der Waals surface area contributed by atoms with Crippen molar-refractivity contribution in [2.45, 2.75) is 84.4 Å². The van der Waals surface area contributed by atoms with Crippen molar-refractivity contribution in [3.63, 3.8) is 0 Å². The lowest BCUT2D eigenvalue weighted by Crippen LogP contribution is -2.42. The van der Waals surface area contributed by atoms with Crippen LogP contribution >= 0.6 is 0 Å². The lowest BCUT2D eigenvalue weighted by atomic mass is 9.95. The first kappa shape index (κ1) is 23.9. The molecule has 1 aromatic rings. The highest BCUT2D eigenvalue weighted by Crippen LogP contribution is 2.37. The highest BCUT2D eigenvalue weighted by Gasteiger charge is 2.37. The van der Waals surface area contributed by atoms with Gasteiger partial charge < -0.3 is 4.43 Å². The molecular formula is C25H42OSi. The Kier molecular flexibility index (Phi) is 10.3. The van der Waals surface area contributed by atoms with Crippen LogP contribution in [0.5, 0.6) is 0 Å². The zero-order valence-corrected chi connectivity index (χ0v) is 19.7. The fourth-order valence-electron chi connectivity index (χ4n) is 2.77. The van der Waals surface area contributed by atoms with Crippen LogP contribution in [-0.4, -0.2) is 14.9 Å². The molecule has 0 saturated heterocycles. The number of rotatable bonds is 12. The van der Waals surface area contributed by atoms with Crippen molar-refractivity contribution in [1.29, 1.82) is 0 Å². The Hall–Kier alpha value is -1.12. The molecule has 27 heavy (non-hydrogen) atoms. The fraction of sp³-hybridized carbons (Fsp3) is 0.600. The van der Waals surface area contributed by atoms with Gasteiger partial charge in [0.1, 0.15) is 0 Å². The summed E-state index contributed by atoms with van der Waals surface area (Å²) in [6.07, 6.45) is 11.7. The molecule has 0 amide bonds. The van der Waals surface area contributed by atoms with E-state index < -0.39 is 8.32 Å². The summed E-state index contributed by atoms with van der Waals surface area (Å²) in [5.41, 5.74) is 2.73. The maximum Gasteiger partial charge on any atom is 0.192 e. The van der Waals surface area contributed by atoms with Crippen LogP contribution < -0.4 is 0 Å². The molecule has 0 aliphatic heterocycles. The molecule has 1 atom stereocenters. The van der Waals surface area contributed by atoms with E-state index in [0.717, 1.165) is 25.9 Å². The normalized spacial score (nSPS) is 13.9. The van der Waals surface area contributed by atoms with E-state index in [2.05, 4.69) is 89.9 Å². The highest BCUT2D eigenvalue weighted by atomic mass is 28.4. The van der Waals surface area contributed by atoms with Gasteiger partial charge in [-0.3, -0.25) is 0 Å². The molecule has 152 valence electrons. The number of aryl methyl sites for hydroxylation is 1. The zero-order valence-electron chi connectivity index (χ0n) is 18.7. The van der Waals surface area contributed by atoms with Crippen molar-refractivity contribution in [1.82, 2.24) is 0 Å². The van der Waals surface area contributed by atoms with Gasteiger partial charge in [0.05, 0.1) is 0 Å². The predicted octanol–water partition coefficient (Wildman–Crippen LogP) is 7.95. The Bertz CT molecular complexity index is 566. The molecule has 1 rings (SSSR count). The van der Waals surface area contributed by atoms with Gasteiger partial charge in [-0.1, -0.05) is 95.2 Å². The molecule has 2 heteroatoms. The third kappa shape index (κ3) is 9.07. The molecule has 0 bridgehead atoms. The van der Waals surface area contributed by atoms with Gasteiger partial charge in [-0.05, 0) is 49.4 Å². The monoisotopic (exact) mass is 386 g/mol. The molecule has 0 unspecified atom stereocenters. The van der Waals surface area contributed by atoms with Gasteiger partial charge in [0.25, 0.3) is 0 Å². The van der Waals surface area contributed by atoms with E-state index in [0.29, 0.717) is 5.92 Å². The van der Waals surface area contributed by atoms with Gasteiger partial charge in [0.2, 0.25) is 0 Å². The van der Waals surface area contributed by atoms with E-state index in [4.69, 9.17) is 4.43 Å². The number of benzene rings is 1. The van der Waals surface area contributed by atoms with Crippen LogP contribution in [0.4, 0.5) is 0 Å². The average Bonchev–Trinajstić information content (AvgIpc) is 2.61. The van der Waals surface area contributed by atoms with E-state index in [1.165, 1.54) is 30.4 Å². The summed E-state index contributed by atoms with van der Waals surface area (Å²) in [5, 5.41) is 0.248. The van der Waals surface area contributed by atoms with E-state index in [-0.39, 0.29) is 5.04 Å². The molecule has 0 spiro atoms. The molecule has 1 nitrogen and oxygen atoms in total. The largest absolute Gasteiger partial charge is 0.416 e. The van der Waals surface area contributed by atoms with Crippen LogP contribution in [0.1, 0.15) is 65.4 Å². The molecule has 0 fully saturated rings. The third-order valence-electron chi connectivity index (χ3n) is 5.87. The summed E-state index contributed by atoms with van der Waals surface area (Å²) in [6.45, 7) is 19.0. The minimum Gasteiger partial charge on any atom is -0.416 e. The fourth-order valence-corrected chi connectivity index (χ4v) is 3.80. The third-order valence-corrected chi connectivity index (χ3v) is 10.4. The van der Waals surface area contributed by atoms with Gasteiger partial charge in [0, 0.05) is 12.5 Å². The maximum atomic E-state index is 6.53. The highest BCUT2D eigenvalue weighted by molar-refractivity contribution is 6.74. The topological polar surface area (TPSA) is 9.23 Å². The second kappa shape index (κ2) is 11.7. The number of hydrogen-bond acceptors (Lipinski definition) is 1. The van der Waals surface area contributed by atoms with E-state index in [1.807, 2.05) is 0 Å². The van der Waals surface area contributed by atoms with E-state index in [9.17, 15) is 0 Å². The Morgan fingerprint density at radius 1 is 1.15 bits per heavy atom. The molecule has 1 aromatic carbocycles. The first-order valence-electron chi connectivity index (χ1n) is 10.7. The smallest absolute Gasteiger partial charge is 0.192 e. The van der Waals surface area contributed by atoms with Crippen molar-refractivity contribution in [2.75, 3.05) is 6.61 Å². The van der Waals surface area contributed by atoms with Crippen LogP contribution in [0.3, 0.4) is 0 Å². The number of unbranched alkanes of at least 4 members (excludes halogenated alkanes) is 2. The van der Waals surface area contributed by atoms with Gasteiger partial charge in [0.15, 0.2) is 8.32 Å². The van der Waals surface area contributed by atoms with Crippen molar-refractivity contribution in [2.24, 2.45) is 5.92 Å². The summed E-state index contributed by atoms with van der Waals surface area (Å²) in [5.74, 6) is 0.340. The summed E-state index contributed by atoms with van der Waals surface area (Å²) in [6, 6.07) is 10.7. The molecule has 0 aromatic heterocycles. The molecular weight excluding hydrogens is 344 g/mol. The maximum absolute atomic E-state index is 6.53. The second-order valence-electron chi connectivity index (χ2n) is 9.25. The first-order chi connectivity index (χ1) is 12.7.